The molecule has 3 aliphatic rings. The van der Waals surface area contributed by atoms with Crippen LogP contribution in [0, 0.1) is 12.7 Å². The molecule has 13 nitrogen and oxygen atoms in total. The molecule has 1 aliphatic heterocycles. The van der Waals surface area contributed by atoms with Gasteiger partial charge in [-0.15, -0.1) is 5.10 Å². The van der Waals surface area contributed by atoms with E-state index in [4.69, 9.17) is 33.7 Å². The first-order valence-electron chi connectivity index (χ1n) is 17.1. The van der Waals surface area contributed by atoms with Gasteiger partial charge in [0.15, 0.2) is 27.9 Å². The predicted octanol–water partition coefficient (Wildman–Crippen LogP) is 7.25. The maximum Gasteiger partial charge on any atom is 0.509 e. The van der Waals surface area contributed by atoms with Crippen LogP contribution in [0.4, 0.5) is 19.8 Å². The Morgan fingerprint density at radius 2 is 1.76 bits per heavy atom. The van der Waals surface area contributed by atoms with Crippen molar-refractivity contribution in [1.29, 1.82) is 0 Å². The zero-order valence-corrected chi connectivity index (χ0v) is 31.2. The molecule has 50 heavy (non-hydrogen) atoms. The Bertz CT molecular complexity index is 1770. The number of carbonyl (C=O) groups excluding carboxylic acids is 2. The molecule has 3 heterocycles. The van der Waals surface area contributed by atoms with Gasteiger partial charge in [0.1, 0.15) is 35.3 Å². The SMILES string of the molecule is CCCSc1nc(N(C(=O)OC(C)(C)C)C2CC2c2ccc(C)c(F)c2)c2nnn([C@@H]3C[C@H](OC(=O)OC(C)(C)C)[C@H]4OC(C)(C)O[C@H]43)c2n1. The van der Waals surface area contributed by atoms with Crippen molar-refractivity contribution in [2.45, 2.75) is 147 Å². The number of nitrogens with zero attached hydrogens (tertiary/aromatic N) is 6. The second kappa shape index (κ2) is 13.2. The quantitative estimate of drug-likeness (QED) is 0.132. The van der Waals surface area contributed by atoms with Gasteiger partial charge in [0.25, 0.3) is 0 Å². The number of benzene rings is 1. The van der Waals surface area contributed by atoms with Crippen molar-refractivity contribution in [3.05, 3.63) is 35.1 Å². The van der Waals surface area contributed by atoms with Crippen LogP contribution in [-0.2, 0) is 23.7 Å². The van der Waals surface area contributed by atoms with Gasteiger partial charge in [0.05, 0.1) is 6.04 Å². The molecule has 272 valence electrons. The third kappa shape index (κ3) is 7.69. The Balaban J connectivity index is 1.41. The summed E-state index contributed by atoms with van der Waals surface area (Å²) in [7, 11) is 0. The lowest BCUT2D eigenvalue weighted by atomic mass is 10.1. The molecule has 2 unspecified atom stereocenters. The van der Waals surface area contributed by atoms with Gasteiger partial charge in [-0.25, -0.2) is 28.6 Å². The summed E-state index contributed by atoms with van der Waals surface area (Å²) in [6.45, 7) is 18.1. The molecule has 2 aliphatic carbocycles. The fourth-order valence-electron chi connectivity index (χ4n) is 6.46. The maximum atomic E-state index is 14.6. The first-order chi connectivity index (χ1) is 23.3. The van der Waals surface area contributed by atoms with E-state index in [1.807, 2.05) is 6.07 Å². The fourth-order valence-corrected chi connectivity index (χ4v) is 7.15. The molecule has 2 aromatic heterocycles. The van der Waals surface area contributed by atoms with E-state index in [0.717, 1.165) is 17.7 Å². The van der Waals surface area contributed by atoms with Crippen LogP contribution in [0.15, 0.2) is 23.4 Å². The average Bonchev–Trinajstić information content (AvgIpc) is 3.38. The zero-order chi connectivity index (χ0) is 36.3. The van der Waals surface area contributed by atoms with Crippen LogP contribution >= 0.6 is 11.8 Å². The summed E-state index contributed by atoms with van der Waals surface area (Å²) in [4.78, 5) is 38.1. The normalized spacial score (nSPS) is 25.7. The summed E-state index contributed by atoms with van der Waals surface area (Å²) >= 11 is 1.45. The summed E-state index contributed by atoms with van der Waals surface area (Å²) in [5, 5.41) is 9.53. The molecule has 6 atom stereocenters. The number of hydrogen-bond donors (Lipinski definition) is 0. The van der Waals surface area contributed by atoms with Crippen LogP contribution in [0.2, 0.25) is 0 Å². The van der Waals surface area contributed by atoms with Crippen LogP contribution in [0.3, 0.4) is 0 Å². The van der Waals surface area contributed by atoms with Crippen molar-refractivity contribution in [3.8, 4) is 0 Å². The van der Waals surface area contributed by atoms with Crippen LogP contribution < -0.4 is 4.90 Å². The van der Waals surface area contributed by atoms with Gasteiger partial charge in [-0.1, -0.05) is 36.0 Å². The number of rotatable bonds is 8. The number of hydrogen-bond acceptors (Lipinski definition) is 12. The Morgan fingerprint density at radius 1 is 1.06 bits per heavy atom. The van der Waals surface area contributed by atoms with Gasteiger partial charge in [0, 0.05) is 24.1 Å². The lowest BCUT2D eigenvalue weighted by Gasteiger charge is -2.27. The summed E-state index contributed by atoms with van der Waals surface area (Å²) < 4.78 is 46.0. The zero-order valence-electron chi connectivity index (χ0n) is 30.4. The molecule has 0 spiro atoms. The Labute approximate surface area is 295 Å². The number of halogens is 1. The van der Waals surface area contributed by atoms with Crippen LogP contribution in [-0.4, -0.2) is 84.3 Å². The van der Waals surface area contributed by atoms with Crippen LogP contribution in [0.5, 0.6) is 0 Å². The third-order valence-corrected chi connectivity index (χ3v) is 9.64. The molecular formula is C35H47FN6O7S. The molecule has 0 radical (unpaired) electrons. The molecule has 6 rings (SSSR count). The number of amides is 1. The average molecular weight is 715 g/mol. The van der Waals surface area contributed by atoms with E-state index < -0.39 is 53.6 Å². The van der Waals surface area contributed by atoms with Crippen molar-refractivity contribution in [2.24, 2.45) is 0 Å². The lowest BCUT2D eigenvalue weighted by molar-refractivity contribution is -0.168. The minimum Gasteiger partial charge on any atom is -0.443 e. The number of fused-ring (bicyclic) bond motifs is 2. The largest absolute Gasteiger partial charge is 0.509 e. The number of aryl methyl sites for hydroxylation is 1. The van der Waals surface area contributed by atoms with Crippen molar-refractivity contribution in [2.75, 3.05) is 10.7 Å². The van der Waals surface area contributed by atoms with E-state index in [-0.39, 0.29) is 23.6 Å². The second-order valence-corrected chi connectivity index (χ2v) is 16.7. The summed E-state index contributed by atoms with van der Waals surface area (Å²) in [6, 6.07) is 4.30. The van der Waals surface area contributed by atoms with E-state index >= 15 is 0 Å². The first kappa shape index (κ1) is 36.2. The second-order valence-electron chi connectivity index (χ2n) is 15.6. The molecule has 1 saturated heterocycles. The van der Waals surface area contributed by atoms with Crippen molar-refractivity contribution >= 4 is 41.0 Å². The third-order valence-electron chi connectivity index (χ3n) is 8.59. The van der Waals surface area contributed by atoms with Crippen molar-refractivity contribution in [3.63, 3.8) is 0 Å². The number of thioether (sulfide) groups is 1. The Kier molecular flexibility index (Phi) is 9.57. The lowest BCUT2D eigenvalue weighted by Crippen LogP contribution is -2.39. The number of aromatic nitrogens is 5. The standard InChI is InChI=1S/C35H47FN6O7S/c1-11-14-50-30-37-28(41(31(43)48-33(3,4)5)22-16-20(22)19-13-12-18(2)21(36)15-19)25-29(38-30)42(40-39-25)23-17-24(45-32(44)49-34(6,7)8)27-26(23)46-35(9,10)47-27/h12-13,15,20,22-24,26-27H,11,14,16-17H2,1-10H3/t20?,22?,23-,24+,26+,27-/m1/s1. The van der Waals surface area contributed by atoms with Gasteiger partial charge in [0.2, 0.25) is 0 Å². The summed E-state index contributed by atoms with van der Waals surface area (Å²) in [5.41, 5.74) is 0.481. The van der Waals surface area contributed by atoms with Gasteiger partial charge in [-0.05, 0) is 92.3 Å². The fraction of sp³-hybridized carbons (Fsp3) is 0.657. The van der Waals surface area contributed by atoms with E-state index in [0.29, 0.717) is 34.7 Å². The van der Waals surface area contributed by atoms with Gasteiger partial charge >= 0.3 is 12.2 Å². The molecule has 1 amide bonds. The van der Waals surface area contributed by atoms with Gasteiger partial charge in [-0.2, -0.15) is 0 Å². The molecule has 3 aromatic rings. The number of ether oxygens (including phenoxy) is 5. The van der Waals surface area contributed by atoms with E-state index in [9.17, 15) is 14.0 Å². The maximum absolute atomic E-state index is 14.6. The highest BCUT2D eigenvalue weighted by Gasteiger charge is 2.57. The molecule has 0 bridgehead atoms. The summed E-state index contributed by atoms with van der Waals surface area (Å²) in [5.74, 6) is -0.399. The number of carbonyl (C=O) groups is 2. The van der Waals surface area contributed by atoms with Crippen molar-refractivity contribution in [1.82, 2.24) is 25.0 Å². The van der Waals surface area contributed by atoms with E-state index in [2.05, 4.69) is 17.2 Å². The molecule has 1 aromatic carbocycles. The molecule has 3 fully saturated rings. The summed E-state index contributed by atoms with van der Waals surface area (Å²) in [6.07, 6.45) is -1.52. The first-order valence-corrected chi connectivity index (χ1v) is 18.1. The smallest absolute Gasteiger partial charge is 0.443 e. The van der Waals surface area contributed by atoms with Crippen molar-refractivity contribution < 1.29 is 37.7 Å². The molecule has 2 saturated carbocycles. The minimum absolute atomic E-state index is 0.142. The highest BCUT2D eigenvalue weighted by atomic mass is 32.2. The van der Waals surface area contributed by atoms with Gasteiger partial charge < -0.3 is 23.7 Å². The monoisotopic (exact) mass is 714 g/mol. The Morgan fingerprint density at radius 3 is 2.42 bits per heavy atom. The topological polar surface area (TPSA) is 140 Å². The number of anilines is 1. The highest BCUT2D eigenvalue weighted by Crippen LogP contribution is 2.49. The highest BCUT2D eigenvalue weighted by molar-refractivity contribution is 7.99. The molecule has 0 N–H and O–H groups in total. The van der Waals surface area contributed by atoms with Crippen LogP contribution in [0.25, 0.3) is 11.2 Å². The minimum atomic E-state index is -0.952. The molecule has 15 heteroatoms. The van der Waals surface area contributed by atoms with Crippen LogP contribution in [0.1, 0.15) is 105 Å². The van der Waals surface area contributed by atoms with Gasteiger partial charge in [-0.3, -0.25) is 4.90 Å². The predicted molar refractivity (Wildman–Crippen MR) is 184 cm³/mol. The Hall–Kier alpha value is -3.56. The van der Waals surface area contributed by atoms with E-state index in [1.165, 1.54) is 22.7 Å². The van der Waals surface area contributed by atoms with E-state index in [1.54, 1.807) is 73.1 Å². The molecular weight excluding hydrogens is 667 g/mol.